The van der Waals surface area contributed by atoms with E-state index >= 15 is 0 Å². The topological polar surface area (TPSA) is 88.8 Å². The van der Waals surface area contributed by atoms with Gasteiger partial charge in [-0.15, -0.1) is 0 Å². The number of aromatic nitrogens is 3. The van der Waals surface area contributed by atoms with Gasteiger partial charge >= 0.3 is 0 Å². The van der Waals surface area contributed by atoms with Gasteiger partial charge in [-0.05, 0) is 18.2 Å². The van der Waals surface area contributed by atoms with E-state index in [1.807, 2.05) is 36.4 Å². The molecule has 22 heavy (non-hydrogen) atoms. The second-order valence-corrected chi connectivity index (χ2v) is 5.06. The number of fused-ring (bicyclic) bond motifs is 1. The Kier molecular flexibility index (Phi) is 4.20. The lowest BCUT2D eigenvalue weighted by molar-refractivity contribution is 1.04. The fourth-order valence-electron chi connectivity index (χ4n) is 2.07. The molecule has 3 aromatic rings. The minimum absolute atomic E-state index is 0.152. The maximum atomic E-state index is 5.82. The van der Waals surface area contributed by atoms with Gasteiger partial charge in [-0.3, -0.25) is 0 Å². The molecule has 112 valence electrons. The molecule has 0 amide bonds. The number of hydrogen-bond donors (Lipinski definition) is 3. The van der Waals surface area contributed by atoms with Crippen LogP contribution in [0, 0.1) is 0 Å². The lowest BCUT2D eigenvalue weighted by Gasteiger charge is -2.09. The molecule has 0 radical (unpaired) electrons. The van der Waals surface area contributed by atoms with E-state index in [-0.39, 0.29) is 5.95 Å². The molecule has 0 spiro atoms. The number of nitrogens with zero attached hydrogens (tertiary/aromatic N) is 3. The highest BCUT2D eigenvalue weighted by molar-refractivity contribution is 6.29. The van der Waals surface area contributed by atoms with E-state index in [0.29, 0.717) is 24.1 Å². The summed E-state index contributed by atoms with van der Waals surface area (Å²) >= 11 is 5.82. The van der Waals surface area contributed by atoms with Crippen molar-refractivity contribution in [2.45, 2.75) is 0 Å². The first-order valence-corrected chi connectivity index (χ1v) is 7.22. The first kappa shape index (κ1) is 14.3. The molecule has 0 bridgehead atoms. The van der Waals surface area contributed by atoms with Gasteiger partial charge in [-0.1, -0.05) is 29.8 Å². The van der Waals surface area contributed by atoms with E-state index in [0.717, 1.165) is 16.7 Å². The number of anilines is 3. The van der Waals surface area contributed by atoms with E-state index in [1.54, 1.807) is 6.07 Å². The molecule has 1 aromatic carbocycles. The van der Waals surface area contributed by atoms with Crippen LogP contribution in [0.25, 0.3) is 10.9 Å². The van der Waals surface area contributed by atoms with Crippen LogP contribution in [0.1, 0.15) is 0 Å². The van der Waals surface area contributed by atoms with E-state index in [1.165, 1.54) is 0 Å². The van der Waals surface area contributed by atoms with Crippen molar-refractivity contribution in [3.8, 4) is 0 Å². The zero-order valence-electron chi connectivity index (χ0n) is 11.8. The van der Waals surface area contributed by atoms with E-state index in [9.17, 15) is 0 Å². The summed E-state index contributed by atoms with van der Waals surface area (Å²) in [6, 6.07) is 13.6. The summed E-state index contributed by atoms with van der Waals surface area (Å²) in [5, 5.41) is 7.82. The van der Waals surface area contributed by atoms with Crippen molar-refractivity contribution >= 4 is 40.1 Å². The van der Waals surface area contributed by atoms with Crippen molar-refractivity contribution in [1.29, 1.82) is 0 Å². The zero-order valence-corrected chi connectivity index (χ0v) is 12.5. The maximum absolute atomic E-state index is 5.82. The molecule has 0 aliphatic carbocycles. The number of nitrogens with one attached hydrogen (secondary N) is 2. The second-order valence-electron chi connectivity index (χ2n) is 4.68. The smallest absolute Gasteiger partial charge is 0.223 e. The molecule has 0 saturated heterocycles. The average molecular weight is 315 g/mol. The molecule has 4 N–H and O–H groups in total. The van der Waals surface area contributed by atoms with Crippen LogP contribution in [0.3, 0.4) is 0 Å². The van der Waals surface area contributed by atoms with E-state index in [4.69, 9.17) is 17.3 Å². The Bertz CT molecular complexity index is 772. The quantitative estimate of drug-likeness (QED) is 0.496. The van der Waals surface area contributed by atoms with Gasteiger partial charge in [0.05, 0.1) is 5.52 Å². The molecule has 0 atom stereocenters. The number of nitrogens with two attached hydrogens (primary N) is 1. The number of benzene rings is 1. The second kappa shape index (κ2) is 6.44. The number of para-hydroxylation sites is 1. The molecule has 7 heteroatoms. The summed E-state index contributed by atoms with van der Waals surface area (Å²) < 4.78 is 0. The number of pyridine rings is 1. The summed E-state index contributed by atoms with van der Waals surface area (Å²) in [5.41, 5.74) is 6.50. The van der Waals surface area contributed by atoms with Crippen LogP contribution in [-0.4, -0.2) is 28.0 Å². The van der Waals surface area contributed by atoms with Gasteiger partial charge < -0.3 is 16.4 Å². The average Bonchev–Trinajstić information content (AvgIpc) is 2.50. The van der Waals surface area contributed by atoms with Gasteiger partial charge in [-0.25, -0.2) is 9.97 Å². The van der Waals surface area contributed by atoms with Gasteiger partial charge in [0.2, 0.25) is 5.95 Å². The van der Waals surface area contributed by atoms with Gasteiger partial charge in [-0.2, -0.15) is 4.98 Å². The third kappa shape index (κ3) is 3.53. The number of halogens is 1. The monoisotopic (exact) mass is 314 g/mol. The lowest BCUT2D eigenvalue weighted by atomic mass is 10.2. The summed E-state index contributed by atoms with van der Waals surface area (Å²) in [4.78, 5) is 12.4. The Hall–Kier alpha value is -2.60. The molecule has 2 heterocycles. The SMILES string of the molecule is Nc1nc(Cl)cc(NCCNc2ccc3ccccc3n2)n1. The zero-order chi connectivity index (χ0) is 15.4. The van der Waals surface area contributed by atoms with Crippen LogP contribution in [0.5, 0.6) is 0 Å². The Morgan fingerprint density at radius 1 is 0.909 bits per heavy atom. The maximum Gasteiger partial charge on any atom is 0.223 e. The molecular weight excluding hydrogens is 300 g/mol. The van der Waals surface area contributed by atoms with E-state index < -0.39 is 0 Å². The number of hydrogen-bond acceptors (Lipinski definition) is 6. The van der Waals surface area contributed by atoms with Crippen LogP contribution >= 0.6 is 11.6 Å². The first-order valence-electron chi connectivity index (χ1n) is 6.84. The van der Waals surface area contributed by atoms with Gasteiger partial charge in [0.15, 0.2) is 0 Å². The van der Waals surface area contributed by atoms with Crippen LogP contribution in [0.4, 0.5) is 17.6 Å². The molecule has 0 fully saturated rings. The van der Waals surface area contributed by atoms with Crippen molar-refractivity contribution in [3.05, 3.63) is 47.6 Å². The summed E-state index contributed by atoms with van der Waals surface area (Å²) in [5.74, 6) is 1.59. The predicted molar refractivity (Wildman–Crippen MR) is 90.2 cm³/mol. The van der Waals surface area contributed by atoms with Gasteiger partial charge in [0, 0.05) is 24.5 Å². The molecule has 0 saturated carbocycles. The Balaban J connectivity index is 1.55. The van der Waals surface area contributed by atoms with Crippen molar-refractivity contribution < 1.29 is 0 Å². The fraction of sp³-hybridized carbons (Fsp3) is 0.133. The van der Waals surface area contributed by atoms with E-state index in [2.05, 4.69) is 25.6 Å². The predicted octanol–water partition coefficient (Wildman–Crippen LogP) is 2.78. The Morgan fingerprint density at radius 2 is 1.68 bits per heavy atom. The molecule has 0 unspecified atom stereocenters. The minimum Gasteiger partial charge on any atom is -0.368 e. The fourth-order valence-corrected chi connectivity index (χ4v) is 2.26. The van der Waals surface area contributed by atoms with Crippen molar-refractivity contribution in [2.75, 3.05) is 29.5 Å². The normalized spacial score (nSPS) is 10.6. The number of nitrogen functional groups attached to an aromatic ring is 1. The molecule has 0 aliphatic heterocycles. The third-order valence-electron chi connectivity index (χ3n) is 3.05. The minimum atomic E-state index is 0.152. The molecule has 0 aliphatic rings. The summed E-state index contributed by atoms with van der Waals surface area (Å²) in [6.45, 7) is 1.34. The highest BCUT2D eigenvalue weighted by Gasteiger charge is 2.00. The van der Waals surface area contributed by atoms with Crippen LogP contribution < -0.4 is 16.4 Å². The van der Waals surface area contributed by atoms with Crippen molar-refractivity contribution in [2.24, 2.45) is 0 Å². The lowest BCUT2D eigenvalue weighted by Crippen LogP contribution is -2.15. The molecular formula is C15H15ClN6. The Labute approximate surface area is 132 Å². The van der Waals surface area contributed by atoms with Crippen LogP contribution in [0.15, 0.2) is 42.5 Å². The highest BCUT2D eigenvalue weighted by atomic mass is 35.5. The first-order chi connectivity index (χ1) is 10.7. The largest absolute Gasteiger partial charge is 0.368 e. The molecule has 2 aromatic heterocycles. The summed E-state index contributed by atoms with van der Waals surface area (Å²) in [6.07, 6.45) is 0. The van der Waals surface area contributed by atoms with Gasteiger partial charge in [0.25, 0.3) is 0 Å². The Morgan fingerprint density at radius 3 is 2.50 bits per heavy atom. The standard InChI is InChI=1S/C15H15ClN6/c16-12-9-14(22-15(17)21-12)19-8-7-18-13-6-5-10-3-1-2-4-11(10)20-13/h1-6,9H,7-8H2,(H,18,20)(H3,17,19,21,22). The highest BCUT2D eigenvalue weighted by Crippen LogP contribution is 2.14. The van der Waals surface area contributed by atoms with Crippen molar-refractivity contribution in [1.82, 2.24) is 15.0 Å². The third-order valence-corrected chi connectivity index (χ3v) is 3.24. The van der Waals surface area contributed by atoms with Gasteiger partial charge in [0.1, 0.15) is 16.8 Å². The number of rotatable bonds is 5. The van der Waals surface area contributed by atoms with Crippen molar-refractivity contribution in [3.63, 3.8) is 0 Å². The van der Waals surface area contributed by atoms with Crippen LogP contribution in [-0.2, 0) is 0 Å². The molecule has 6 nitrogen and oxygen atoms in total. The molecule has 3 rings (SSSR count). The summed E-state index contributed by atoms with van der Waals surface area (Å²) in [7, 11) is 0. The van der Waals surface area contributed by atoms with Crippen LogP contribution in [0.2, 0.25) is 5.15 Å².